The zero-order valence-corrected chi connectivity index (χ0v) is 5.70. The molecule has 0 aliphatic rings. The molecule has 0 aromatic heterocycles. The van der Waals surface area contributed by atoms with Crippen molar-refractivity contribution < 1.29 is 15.0 Å². The zero-order chi connectivity index (χ0) is 8.99. The Morgan fingerprint density at radius 2 is 1.18 bits per heavy atom. The summed E-state index contributed by atoms with van der Waals surface area (Å²) in [4.78, 5) is 8.56. The normalized spacial score (nSPS) is 3.64. The Labute approximate surface area is 87.2 Å². The van der Waals surface area contributed by atoms with Crippen molar-refractivity contribution in [3.8, 4) is 12.1 Å². The van der Waals surface area contributed by atoms with Gasteiger partial charge in [0.05, 0.1) is 12.1 Å². The minimum absolute atomic E-state index is 0. The predicted octanol–water partition coefficient (Wildman–Crippen LogP) is 0.634. The SMILES string of the molecule is CC#N.CC#N.O=C(O)O.[NaH]. The summed E-state index contributed by atoms with van der Waals surface area (Å²) in [5.74, 6) is 0. The van der Waals surface area contributed by atoms with E-state index in [0.29, 0.717) is 0 Å². The third-order valence-corrected chi connectivity index (χ3v) is 0. The summed E-state index contributed by atoms with van der Waals surface area (Å²) in [6.45, 7) is 2.86. The van der Waals surface area contributed by atoms with E-state index in [1.807, 2.05) is 0 Å². The topological polar surface area (TPSA) is 105 Å². The molecule has 58 valence electrons. The van der Waals surface area contributed by atoms with Gasteiger partial charge in [0.15, 0.2) is 0 Å². The zero-order valence-electron chi connectivity index (χ0n) is 5.70. The van der Waals surface area contributed by atoms with Gasteiger partial charge in [-0.15, -0.1) is 0 Å². The average Bonchev–Trinajstić information content (AvgIpc) is 1.65. The van der Waals surface area contributed by atoms with E-state index in [1.165, 1.54) is 13.8 Å². The molecule has 6 heteroatoms. The molecule has 0 aliphatic carbocycles. The summed E-state index contributed by atoms with van der Waals surface area (Å²) < 4.78 is 0. The van der Waals surface area contributed by atoms with Gasteiger partial charge in [-0.25, -0.2) is 4.79 Å². The van der Waals surface area contributed by atoms with Gasteiger partial charge in [0.25, 0.3) is 0 Å². The number of hydrogen-bond donors (Lipinski definition) is 2. The Hall–Kier alpha value is -0.750. The van der Waals surface area contributed by atoms with E-state index in [9.17, 15) is 0 Å². The van der Waals surface area contributed by atoms with E-state index in [0.717, 1.165) is 0 Å². The molecule has 0 rings (SSSR count). The second-order valence-electron chi connectivity index (χ2n) is 0.730. The first-order chi connectivity index (χ1) is 4.56. The Bertz CT molecular complexity index is 131. The summed E-state index contributed by atoms with van der Waals surface area (Å²) in [5.41, 5.74) is 0. The fourth-order valence-electron chi connectivity index (χ4n) is 0. The first kappa shape index (κ1) is 22.5. The van der Waals surface area contributed by atoms with Crippen molar-refractivity contribution in [2.45, 2.75) is 13.8 Å². The molecule has 0 amide bonds. The van der Waals surface area contributed by atoms with Crippen LogP contribution in [0.5, 0.6) is 0 Å². The Morgan fingerprint density at radius 1 is 1.18 bits per heavy atom. The number of nitriles is 2. The van der Waals surface area contributed by atoms with Crippen LogP contribution >= 0.6 is 0 Å². The molecule has 5 nitrogen and oxygen atoms in total. The number of nitrogens with zero attached hydrogens (tertiary/aromatic N) is 2. The standard InChI is InChI=1S/2C2H3N.CH2O3.Na.H/c2*1-2-3;2-1(3)4;;/h2*1H3;(H2,2,3,4);;. The fourth-order valence-corrected chi connectivity index (χ4v) is 0. The van der Waals surface area contributed by atoms with Gasteiger partial charge in [-0.1, -0.05) is 0 Å². The van der Waals surface area contributed by atoms with Crippen LogP contribution in [0.4, 0.5) is 4.79 Å². The van der Waals surface area contributed by atoms with Crippen molar-refractivity contribution in [2.24, 2.45) is 0 Å². The first-order valence-electron chi connectivity index (χ1n) is 2.10. The monoisotopic (exact) mass is 168 g/mol. The quantitative estimate of drug-likeness (QED) is 0.516. The molecule has 0 aromatic carbocycles. The molecule has 0 heterocycles. The number of carboxylic acid groups (broad SMARTS) is 2. The molecule has 0 radical (unpaired) electrons. The Kier molecular flexibility index (Phi) is 71.1. The summed E-state index contributed by atoms with van der Waals surface area (Å²) in [7, 11) is 0. The van der Waals surface area contributed by atoms with Crippen LogP contribution in [0.1, 0.15) is 13.8 Å². The molecule has 2 N–H and O–H groups in total. The van der Waals surface area contributed by atoms with Crippen LogP contribution in [0.3, 0.4) is 0 Å². The van der Waals surface area contributed by atoms with Crippen molar-refractivity contribution >= 4 is 35.7 Å². The third-order valence-electron chi connectivity index (χ3n) is 0. The molecular weight excluding hydrogens is 159 g/mol. The molecule has 0 bridgehead atoms. The number of carbonyl (C=O) groups is 1. The van der Waals surface area contributed by atoms with Crippen LogP contribution in [0.15, 0.2) is 0 Å². The van der Waals surface area contributed by atoms with E-state index < -0.39 is 6.16 Å². The van der Waals surface area contributed by atoms with Crippen LogP contribution in [0.25, 0.3) is 0 Å². The van der Waals surface area contributed by atoms with Crippen LogP contribution in [0.2, 0.25) is 0 Å². The molecule has 11 heavy (non-hydrogen) atoms. The molecule has 0 aromatic rings. The van der Waals surface area contributed by atoms with Crippen LogP contribution in [-0.4, -0.2) is 45.9 Å². The Morgan fingerprint density at radius 3 is 1.18 bits per heavy atom. The van der Waals surface area contributed by atoms with Crippen LogP contribution < -0.4 is 0 Å². The Balaban J connectivity index is -0.0000000325. The van der Waals surface area contributed by atoms with Gasteiger partial charge >= 0.3 is 35.7 Å². The number of hydrogen-bond acceptors (Lipinski definition) is 3. The summed E-state index contributed by atoms with van der Waals surface area (Å²) in [5, 5.41) is 28.6. The maximum atomic E-state index is 8.56. The van der Waals surface area contributed by atoms with Gasteiger partial charge in [0.2, 0.25) is 0 Å². The predicted molar refractivity (Wildman–Crippen MR) is 40.4 cm³/mol. The van der Waals surface area contributed by atoms with Crippen LogP contribution in [0, 0.1) is 22.7 Å². The van der Waals surface area contributed by atoms with E-state index in [4.69, 9.17) is 25.5 Å². The van der Waals surface area contributed by atoms with Gasteiger partial charge in [-0.3, -0.25) is 0 Å². The average molecular weight is 168 g/mol. The molecule has 0 saturated carbocycles. The first-order valence-corrected chi connectivity index (χ1v) is 2.10. The van der Waals surface area contributed by atoms with Crippen molar-refractivity contribution in [2.75, 3.05) is 0 Å². The van der Waals surface area contributed by atoms with Crippen molar-refractivity contribution in [1.29, 1.82) is 10.5 Å². The van der Waals surface area contributed by atoms with Crippen molar-refractivity contribution in [1.82, 2.24) is 0 Å². The van der Waals surface area contributed by atoms with E-state index >= 15 is 0 Å². The second-order valence-corrected chi connectivity index (χ2v) is 0.730. The maximum absolute atomic E-state index is 8.56. The number of rotatable bonds is 0. The van der Waals surface area contributed by atoms with Gasteiger partial charge in [0, 0.05) is 13.8 Å². The fraction of sp³-hybridized carbons (Fsp3) is 0.400. The van der Waals surface area contributed by atoms with Gasteiger partial charge in [-0.05, 0) is 0 Å². The molecule has 0 spiro atoms. The third kappa shape index (κ3) is 864. The van der Waals surface area contributed by atoms with Gasteiger partial charge in [0.1, 0.15) is 0 Å². The second kappa shape index (κ2) is 34.9. The van der Waals surface area contributed by atoms with Crippen molar-refractivity contribution in [3.63, 3.8) is 0 Å². The summed E-state index contributed by atoms with van der Waals surface area (Å²) >= 11 is 0. The van der Waals surface area contributed by atoms with Crippen LogP contribution in [-0.2, 0) is 0 Å². The van der Waals surface area contributed by atoms with Gasteiger partial charge in [-0.2, -0.15) is 10.5 Å². The van der Waals surface area contributed by atoms with E-state index in [-0.39, 0.29) is 29.6 Å². The van der Waals surface area contributed by atoms with E-state index in [2.05, 4.69) is 0 Å². The minimum atomic E-state index is -1.83. The molecule has 0 saturated heterocycles. The summed E-state index contributed by atoms with van der Waals surface area (Å²) in [6.07, 6.45) is -1.83. The molecule has 0 atom stereocenters. The van der Waals surface area contributed by atoms with Crippen molar-refractivity contribution in [3.05, 3.63) is 0 Å². The van der Waals surface area contributed by atoms with Gasteiger partial charge < -0.3 is 10.2 Å². The molecule has 0 fully saturated rings. The summed E-state index contributed by atoms with van der Waals surface area (Å²) in [6, 6.07) is 3.50. The molecule has 0 aliphatic heterocycles. The molecular formula is C5H9N2NaO3. The molecule has 0 unspecified atom stereocenters. The van der Waals surface area contributed by atoms with E-state index in [1.54, 1.807) is 12.1 Å².